The zero-order chi connectivity index (χ0) is 18.3. The van der Waals surface area contributed by atoms with Gasteiger partial charge in [0.25, 0.3) is 5.91 Å². The van der Waals surface area contributed by atoms with Gasteiger partial charge in [0, 0.05) is 22.3 Å². The molecule has 0 spiro atoms. The maximum absolute atomic E-state index is 12.5. The van der Waals surface area contributed by atoms with Gasteiger partial charge in [-0.3, -0.25) is 10.1 Å². The highest BCUT2D eigenvalue weighted by atomic mass is 32.2. The number of nitrogens with zero attached hydrogens (tertiary/aromatic N) is 1. The van der Waals surface area contributed by atoms with Crippen molar-refractivity contribution < 1.29 is 13.2 Å². The molecule has 1 N–H and O–H groups in total. The lowest BCUT2D eigenvalue weighted by Gasteiger charge is -2.13. The molecule has 132 valence electrons. The molecule has 0 radical (unpaired) electrons. The Morgan fingerprint density at radius 2 is 1.92 bits per heavy atom. The van der Waals surface area contributed by atoms with Crippen LogP contribution in [-0.4, -0.2) is 25.6 Å². The van der Waals surface area contributed by atoms with Gasteiger partial charge in [-0.2, -0.15) is 0 Å². The third-order valence-corrected chi connectivity index (χ3v) is 6.48. The number of carbonyl (C=O) groups excluding carboxylic acids is 1. The molecule has 1 amide bonds. The van der Waals surface area contributed by atoms with Crippen LogP contribution in [0.25, 0.3) is 11.3 Å². The number of fused-ring (bicyclic) bond motifs is 3. The fourth-order valence-corrected chi connectivity index (χ4v) is 4.68. The predicted octanol–water partition coefficient (Wildman–Crippen LogP) is 3.56. The fraction of sp³-hybridized carbons (Fsp3) is 0.158. The maximum atomic E-state index is 12.5. The van der Waals surface area contributed by atoms with Crippen LogP contribution >= 0.6 is 11.3 Å². The number of amides is 1. The molecule has 2 aromatic carbocycles. The number of carbonyl (C=O) groups is 1. The number of rotatable bonds is 3. The summed E-state index contributed by atoms with van der Waals surface area (Å²) in [7, 11) is -3.36. The first-order valence-electron chi connectivity index (χ1n) is 8.11. The monoisotopic (exact) mass is 384 g/mol. The minimum Gasteiger partial charge on any atom is -0.298 e. The number of aromatic nitrogens is 1. The van der Waals surface area contributed by atoms with Crippen molar-refractivity contribution in [3.8, 4) is 11.3 Å². The van der Waals surface area contributed by atoms with E-state index in [-0.39, 0.29) is 10.8 Å². The summed E-state index contributed by atoms with van der Waals surface area (Å²) in [5.41, 5.74) is 3.60. The van der Waals surface area contributed by atoms with Gasteiger partial charge < -0.3 is 0 Å². The first-order chi connectivity index (χ1) is 12.4. The van der Waals surface area contributed by atoms with Crippen LogP contribution in [0.15, 0.2) is 53.4 Å². The summed E-state index contributed by atoms with van der Waals surface area (Å²) in [5, 5.41) is 3.33. The quantitative estimate of drug-likeness (QED) is 0.749. The van der Waals surface area contributed by atoms with E-state index in [9.17, 15) is 13.2 Å². The summed E-state index contributed by atoms with van der Waals surface area (Å²) < 4.78 is 23.3. The van der Waals surface area contributed by atoms with Crippen LogP contribution in [0.3, 0.4) is 0 Å². The van der Waals surface area contributed by atoms with Gasteiger partial charge in [0.2, 0.25) is 0 Å². The van der Waals surface area contributed by atoms with E-state index in [1.54, 1.807) is 12.1 Å². The molecule has 4 rings (SSSR count). The van der Waals surface area contributed by atoms with Crippen molar-refractivity contribution in [2.75, 3.05) is 11.6 Å². The molecule has 0 atom stereocenters. The normalized spacial score (nSPS) is 13.0. The average molecular weight is 384 g/mol. The zero-order valence-electron chi connectivity index (χ0n) is 14.0. The number of hydrogen-bond donors (Lipinski definition) is 1. The third-order valence-electron chi connectivity index (χ3n) is 4.34. The number of aryl methyl sites for hydroxylation is 2. The number of sulfone groups is 1. The number of hydrogen-bond acceptors (Lipinski definition) is 5. The second-order valence-electron chi connectivity index (χ2n) is 6.20. The van der Waals surface area contributed by atoms with Crippen molar-refractivity contribution in [1.29, 1.82) is 0 Å². The molecule has 7 heteroatoms. The van der Waals surface area contributed by atoms with Gasteiger partial charge in [0.05, 0.1) is 10.6 Å². The summed E-state index contributed by atoms with van der Waals surface area (Å²) >= 11 is 1.47. The largest absolute Gasteiger partial charge is 0.298 e. The highest BCUT2D eigenvalue weighted by Gasteiger charge is 2.21. The molecule has 0 saturated carbocycles. The Balaban J connectivity index is 1.62. The Kier molecular flexibility index (Phi) is 4.13. The van der Waals surface area contributed by atoms with E-state index in [2.05, 4.69) is 16.4 Å². The summed E-state index contributed by atoms with van der Waals surface area (Å²) in [6, 6.07) is 14.2. The van der Waals surface area contributed by atoms with Crippen molar-refractivity contribution in [2.45, 2.75) is 17.7 Å². The predicted molar refractivity (Wildman–Crippen MR) is 102 cm³/mol. The van der Waals surface area contributed by atoms with E-state index in [1.165, 1.54) is 29.0 Å². The van der Waals surface area contributed by atoms with E-state index in [4.69, 9.17) is 0 Å². The molecule has 0 fully saturated rings. The molecule has 1 aromatic heterocycles. The molecule has 1 heterocycles. The second kappa shape index (κ2) is 6.34. The minimum atomic E-state index is -3.36. The molecule has 0 saturated heterocycles. The maximum Gasteiger partial charge on any atom is 0.257 e. The van der Waals surface area contributed by atoms with Gasteiger partial charge in [-0.1, -0.05) is 30.3 Å². The van der Waals surface area contributed by atoms with E-state index >= 15 is 0 Å². The summed E-state index contributed by atoms with van der Waals surface area (Å²) in [4.78, 5) is 18.4. The standard InChI is InChI=1S/C19H16N2O3S2/c1-26(23,24)14-7-4-6-13(11-14)18(22)21-19-20-17-15-8-3-2-5-12(15)9-10-16(17)25-19/h2-8,11H,9-10H2,1H3,(H,20,21,22). The first kappa shape index (κ1) is 16.9. The Hall–Kier alpha value is -2.51. The minimum absolute atomic E-state index is 0.123. The molecular formula is C19H16N2O3S2. The molecule has 1 aliphatic carbocycles. The van der Waals surface area contributed by atoms with Gasteiger partial charge in [-0.25, -0.2) is 13.4 Å². The SMILES string of the molecule is CS(=O)(=O)c1cccc(C(=O)Nc2nc3c(s2)CCc2ccccc2-3)c1. The zero-order valence-corrected chi connectivity index (χ0v) is 15.7. The smallest absolute Gasteiger partial charge is 0.257 e. The summed E-state index contributed by atoms with van der Waals surface area (Å²) in [6.45, 7) is 0. The highest BCUT2D eigenvalue weighted by Crippen LogP contribution is 2.38. The number of thiazole rings is 1. The first-order valence-corrected chi connectivity index (χ1v) is 10.8. The van der Waals surface area contributed by atoms with Crippen molar-refractivity contribution in [3.63, 3.8) is 0 Å². The van der Waals surface area contributed by atoms with Crippen LogP contribution in [0.2, 0.25) is 0 Å². The van der Waals surface area contributed by atoms with Crippen LogP contribution in [0.1, 0.15) is 20.8 Å². The average Bonchev–Trinajstić information content (AvgIpc) is 3.04. The van der Waals surface area contributed by atoms with Crippen LogP contribution in [-0.2, 0) is 22.7 Å². The van der Waals surface area contributed by atoms with E-state index in [1.807, 2.05) is 18.2 Å². The second-order valence-corrected chi connectivity index (χ2v) is 9.30. The van der Waals surface area contributed by atoms with Crippen LogP contribution in [0, 0.1) is 0 Å². The lowest BCUT2D eigenvalue weighted by atomic mass is 9.94. The number of benzene rings is 2. The highest BCUT2D eigenvalue weighted by molar-refractivity contribution is 7.90. The van der Waals surface area contributed by atoms with Gasteiger partial charge in [0.15, 0.2) is 15.0 Å². The van der Waals surface area contributed by atoms with Gasteiger partial charge in [-0.15, -0.1) is 11.3 Å². The molecule has 0 aliphatic heterocycles. The molecule has 3 aromatic rings. The third kappa shape index (κ3) is 3.15. The molecule has 26 heavy (non-hydrogen) atoms. The van der Waals surface area contributed by atoms with E-state index < -0.39 is 9.84 Å². The fourth-order valence-electron chi connectivity index (χ4n) is 3.04. The van der Waals surface area contributed by atoms with Crippen molar-refractivity contribution in [3.05, 3.63) is 64.5 Å². The van der Waals surface area contributed by atoms with Crippen molar-refractivity contribution in [1.82, 2.24) is 4.98 Å². The molecule has 0 unspecified atom stereocenters. The van der Waals surface area contributed by atoms with Gasteiger partial charge >= 0.3 is 0 Å². The number of anilines is 1. The molecule has 5 nitrogen and oxygen atoms in total. The van der Waals surface area contributed by atoms with Crippen LogP contribution in [0.4, 0.5) is 5.13 Å². The van der Waals surface area contributed by atoms with Gasteiger partial charge in [0.1, 0.15) is 0 Å². The lowest BCUT2D eigenvalue weighted by molar-refractivity contribution is 0.102. The Labute approximate surface area is 155 Å². The number of nitrogens with one attached hydrogen (secondary N) is 1. The van der Waals surface area contributed by atoms with Crippen LogP contribution < -0.4 is 5.32 Å². The van der Waals surface area contributed by atoms with Crippen molar-refractivity contribution >= 4 is 32.2 Å². The topological polar surface area (TPSA) is 76.1 Å². The van der Waals surface area contributed by atoms with Gasteiger partial charge in [-0.05, 0) is 36.6 Å². The Morgan fingerprint density at radius 3 is 2.73 bits per heavy atom. The molecular weight excluding hydrogens is 368 g/mol. The molecule has 1 aliphatic rings. The summed E-state index contributed by atoms with van der Waals surface area (Å²) in [5.74, 6) is -0.366. The van der Waals surface area contributed by atoms with E-state index in [0.29, 0.717) is 10.7 Å². The van der Waals surface area contributed by atoms with E-state index in [0.717, 1.165) is 35.2 Å². The Morgan fingerprint density at radius 1 is 1.12 bits per heavy atom. The van der Waals surface area contributed by atoms with Crippen molar-refractivity contribution in [2.24, 2.45) is 0 Å². The lowest BCUT2D eigenvalue weighted by Crippen LogP contribution is -2.12. The molecule has 0 bridgehead atoms. The Bertz CT molecular complexity index is 1120. The van der Waals surface area contributed by atoms with Crippen LogP contribution in [0.5, 0.6) is 0 Å². The summed E-state index contributed by atoms with van der Waals surface area (Å²) in [6.07, 6.45) is 2.99.